The summed E-state index contributed by atoms with van der Waals surface area (Å²) in [5, 5.41) is 0. The number of hydrogen-bond donors (Lipinski definition) is 0. The van der Waals surface area contributed by atoms with Crippen molar-refractivity contribution in [2.24, 2.45) is 4.99 Å². The molecule has 0 atom stereocenters. The molecule has 0 N–H and O–H groups in total. The monoisotopic (exact) mass is 456 g/mol. The van der Waals surface area contributed by atoms with Gasteiger partial charge in [0, 0.05) is 29.3 Å². The molecule has 25 heavy (non-hydrogen) atoms. The number of nitrogens with zero attached hydrogens (tertiary/aromatic N) is 4. The molecule has 0 saturated heterocycles. The average molecular weight is 456 g/mol. The average Bonchev–Trinajstić information content (AvgIpc) is 3.38. The molecule has 0 spiro atoms. The van der Waals surface area contributed by atoms with Gasteiger partial charge in [-0.05, 0) is 60.6 Å². The molecule has 0 amide bonds. The van der Waals surface area contributed by atoms with Crippen molar-refractivity contribution < 1.29 is 4.39 Å². The van der Waals surface area contributed by atoms with E-state index >= 15 is 0 Å². The van der Waals surface area contributed by atoms with Gasteiger partial charge in [0.25, 0.3) is 5.56 Å². The van der Waals surface area contributed by atoms with Crippen LogP contribution in [0.5, 0.6) is 0 Å². The summed E-state index contributed by atoms with van der Waals surface area (Å²) in [6.07, 6.45) is 3.09. The maximum absolute atomic E-state index is 14.5. The molecular formula is C17H18FIN4O2. The quantitative estimate of drug-likeness (QED) is 0.395. The zero-order valence-corrected chi connectivity index (χ0v) is 16.1. The standard InChI is InChI=1S/C17H18FIN4O2/c1-3-21(2)10-20-15-9-16(24)22(12-5-6-12)17(25)23(15)14-7-4-11(19)8-13(14)18/h4,7-10,12H,3,5-6H2,1-2H3/b20-10+. The Labute approximate surface area is 157 Å². The maximum atomic E-state index is 14.5. The highest BCUT2D eigenvalue weighted by atomic mass is 127. The molecular weight excluding hydrogens is 438 g/mol. The van der Waals surface area contributed by atoms with Gasteiger partial charge in [-0.1, -0.05) is 0 Å². The van der Waals surface area contributed by atoms with Crippen LogP contribution in [0.2, 0.25) is 0 Å². The molecule has 8 heteroatoms. The van der Waals surface area contributed by atoms with Gasteiger partial charge >= 0.3 is 5.69 Å². The molecule has 1 aromatic heterocycles. The molecule has 0 radical (unpaired) electrons. The second kappa shape index (κ2) is 7.11. The van der Waals surface area contributed by atoms with Gasteiger partial charge < -0.3 is 4.90 Å². The Morgan fingerprint density at radius 2 is 2.08 bits per heavy atom. The Balaban J connectivity index is 2.25. The summed E-state index contributed by atoms with van der Waals surface area (Å²) in [5.74, 6) is -0.414. The molecule has 1 saturated carbocycles. The third-order valence-electron chi connectivity index (χ3n) is 4.07. The normalized spacial score (nSPS) is 14.2. The molecule has 1 fully saturated rings. The van der Waals surface area contributed by atoms with Crippen LogP contribution in [-0.4, -0.2) is 34.0 Å². The van der Waals surface area contributed by atoms with Crippen LogP contribution in [0.3, 0.4) is 0 Å². The molecule has 0 aliphatic heterocycles. The number of halogens is 2. The Bertz CT molecular complexity index is 947. The van der Waals surface area contributed by atoms with Gasteiger partial charge in [-0.25, -0.2) is 18.7 Å². The number of aliphatic imine (C=N–C) groups is 1. The van der Waals surface area contributed by atoms with E-state index in [9.17, 15) is 14.0 Å². The first kappa shape index (κ1) is 17.8. The molecule has 1 aliphatic rings. The summed E-state index contributed by atoms with van der Waals surface area (Å²) in [5.41, 5.74) is -0.867. The first-order valence-electron chi connectivity index (χ1n) is 8.00. The topological polar surface area (TPSA) is 59.6 Å². The van der Waals surface area contributed by atoms with Crippen molar-refractivity contribution in [1.82, 2.24) is 14.0 Å². The fourth-order valence-corrected chi connectivity index (χ4v) is 2.89. The number of rotatable bonds is 5. The van der Waals surface area contributed by atoms with Crippen LogP contribution in [0.4, 0.5) is 10.2 Å². The lowest BCUT2D eigenvalue weighted by Gasteiger charge is -2.14. The molecule has 132 valence electrons. The first-order valence-corrected chi connectivity index (χ1v) is 9.08. The van der Waals surface area contributed by atoms with Crippen LogP contribution < -0.4 is 11.2 Å². The Morgan fingerprint density at radius 1 is 1.36 bits per heavy atom. The van der Waals surface area contributed by atoms with Crippen molar-refractivity contribution in [2.45, 2.75) is 25.8 Å². The van der Waals surface area contributed by atoms with E-state index in [0.29, 0.717) is 6.54 Å². The summed E-state index contributed by atoms with van der Waals surface area (Å²) in [6.45, 7) is 2.66. The van der Waals surface area contributed by atoms with Gasteiger partial charge in [0.05, 0.1) is 12.0 Å². The predicted octanol–water partition coefficient (Wildman–Crippen LogP) is 2.69. The van der Waals surface area contributed by atoms with Crippen molar-refractivity contribution in [2.75, 3.05) is 13.6 Å². The fourth-order valence-electron chi connectivity index (χ4n) is 2.44. The summed E-state index contributed by atoms with van der Waals surface area (Å²) < 4.78 is 17.6. The minimum Gasteiger partial charge on any atom is -0.366 e. The highest BCUT2D eigenvalue weighted by molar-refractivity contribution is 14.1. The third kappa shape index (κ3) is 3.68. The molecule has 1 heterocycles. The van der Waals surface area contributed by atoms with Crippen LogP contribution in [0.15, 0.2) is 38.8 Å². The van der Waals surface area contributed by atoms with Gasteiger partial charge in [0.15, 0.2) is 0 Å². The lowest BCUT2D eigenvalue weighted by atomic mass is 10.3. The SMILES string of the molecule is CCN(C)/C=N/c1cc(=O)n(C2CC2)c(=O)n1-c1ccc(I)cc1F. The van der Waals surface area contributed by atoms with Crippen LogP contribution in [0.1, 0.15) is 25.8 Å². The summed E-state index contributed by atoms with van der Waals surface area (Å²) in [6, 6.07) is 5.78. The van der Waals surface area contributed by atoms with E-state index in [4.69, 9.17) is 0 Å². The second-order valence-electron chi connectivity index (χ2n) is 5.97. The van der Waals surface area contributed by atoms with E-state index < -0.39 is 17.1 Å². The van der Waals surface area contributed by atoms with Crippen LogP contribution in [0, 0.1) is 9.39 Å². The Hall–Kier alpha value is -1.97. The van der Waals surface area contributed by atoms with Crippen molar-refractivity contribution >= 4 is 34.7 Å². The fraction of sp³-hybridized carbons (Fsp3) is 0.353. The van der Waals surface area contributed by atoms with Gasteiger partial charge in [0.2, 0.25) is 0 Å². The van der Waals surface area contributed by atoms with Gasteiger partial charge in [-0.15, -0.1) is 0 Å². The first-order chi connectivity index (χ1) is 11.9. The minimum atomic E-state index is -0.554. The van der Waals surface area contributed by atoms with E-state index in [-0.39, 0.29) is 17.5 Å². The summed E-state index contributed by atoms with van der Waals surface area (Å²) in [7, 11) is 1.82. The van der Waals surface area contributed by atoms with Gasteiger partial charge in [-0.3, -0.25) is 9.36 Å². The molecule has 2 aromatic rings. The molecule has 1 aliphatic carbocycles. The molecule has 3 rings (SSSR count). The largest absolute Gasteiger partial charge is 0.366 e. The Kier molecular flexibility index (Phi) is 5.07. The maximum Gasteiger partial charge on any atom is 0.337 e. The van der Waals surface area contributed by atoms with E-state index in [1.54, 1.807) is 11.0 Å². The highest BCUT2D eigenvalue weighted by Gasteiger charge is 2.28. The van der Waals surface area contributed by atoms with E-state index in [1.165, 1.54) is 33.7 Å². The highest BCUT2D eigenvalue weighted by Crippen LogP contribution is 2.32. The smallest absolute Gasteiger partial charge is 0.337 e. The van der Waals surface area contributed by atoms with Crippen LogP contribution in [0.25, 0.3) is 5.69 Å². The second-order valence-corrected chi connectivity index (χ2v) is 7.22. The van der Waals surface area contributed by atoms with E-state index in [2.05, 4.69) is 4.99 Å². The van der Waals surface area contributed by atoms with Crippen molar-refractivity contribution in [1.29, 1.82) is 0 Å². The van der Waals surface area contributed by atoms with Crippen LogP contribution in [-0.2, 0) is 0 Å². The van der Waals surface area contributed by atoms with Gasteiger partial charge in [-0.2, -0.15) is 0 Å². The minimum absolute atomic E-state index is 0.0890. The zero-order chi connectivity index (χ0) is 18.1. The van der Waals surface area contributed by atoms with E-state index in [0.717, 1.165) is 16.4 Å². The summed E-state index contributed by atoms with van der Waals surface area (Å²) >= 11 is 2.00. The van der Waals surface area contributed by atoms with Crippen LogP contribution >= 0.6 is 22.6 Å². The lowest BCUT2D eigenvalue weighted by Crippen LogP contribution is -2.38. The third-order valence-corrected chi connectivity index (χ3v) is 4.74. The molecule has 0 unspecified atom stereocenters. The molecule has 1 aromatic carbocycles. The lowest BCUT2D eigenvalue weighted by molar-refractivity contribution is 0.550. The van der Waals surface area contributed by atoms with E-state index in [1.807, 2.05) is 36.6 Å². The van der Waals surface area contributed by atoms with Crippen molar-refractivity contribution in [3.8, 4) is 5.69 Å². The Morgan fingerprint density at radius 3 is 2.68 bits per heavy atom. The summed E-state index contributed by atoms with van der Waals surface area (Å²) in [4.78, 5) is 31.3. The number of benzene rings is 1. The zero-order valence-electron chi connectivity index (χ0n) is 13.9. The van der Waals surface area contributed by atoms with Gasteiger partial charge in [0.1, 0.15) is 11.6 Å². The van der Waals surface area contributed by atoms with Crippen molar-refractivity contribution in [3.63, 3.8) is 0 Å². The predicted molar refractivity (Wildman–Crippen MR) is 104 cm³/mol. The van der Waals surface area contributed by atoms with Crippen molar-refractivity contribution in [3.05, 3.63) is 54.5 Å². The molecule has 6 nitrogen and oxygen atoms in total. The molecule has 0 bridgehead atoms. The number of aromatic nitrogens is 2. The number of hydrogen-bond acceptors (Lipinski definition) is 3.